The number of hydrazine groups is 1. The summed E-state index contributed by atoms with van der Waals surface area (Å²) in [6.07, 6.45) is 0. The Labute approximate surface area is 63.4 Å². The normalized spacial score (nSPS) is 43.8. The number of hydrogen-bond acceptors (Lipinski definition) is 2. The summed E-state index contributed by atoms with van der Waals surface area (Å²) in [5.41, 5.74) is 0. The molecule has 2 N–H and O–H groups in total. The fourth-order valence-electron chi connectivity index (χ4n) is 1.71. The molecule has 10 heavy (non-hydrogen) atoms. The van der Waals surface area contributed by atoms with Crippen LogP contribution < -0.4 is 5.84 Å². The van der Waals surface area contributed by atoms with Crippen LogP contribution in [0.25, 0.3) is 0 Å². The van der Waals surface area contributed by atoms with Gasteiger partial charge < -0.3 is 0 Å². The van der Waals surface area contributed by atoms with Crippen LogP contribution in [-0.2, 0) is 0 Å². The molecule has 2 heteroatoms. The van der Waals surface area contributed by atoms with Crippen LogP contribution in [0.3, 0.4) is 0 Å². The summed E-state index contributed by atoms with van der Waals surface area (Å²) < 4.78 is 0. The molecule has 1 heterocycles. The Bertz CT molecular complexity index is 102. The maximum atomic E-state index is 5.71. The Hall–Kier alpha value is -0.0800. The van der Waals surface area contributed by atoms with E-state index < -0.39 is 0 Å². The zero-order chi connectivity index (χ0) is 7.72. The molecule has 60 valence electrons. The molecule has 0 aromatic heterocycles. The van der Waals surface area contributed by atoms with Gasteiger partial charge in [-0.2, -0.15) is 0 Å². The molecule has 0 spiro atoms. The second kappa shape index (κ2) is 2.89. The van der Waals surface area contributed by atoms with Gasteiger partial charge in [-0.1, -0.05) is 20.8 Å². The molecule has 2 nitrogen and oxygen atoms in total. The number of hydrogen-bond donors (Lipinski definition) is 1. The second-order valence-electron chi connectivity index (χ2n) is 3.77. The molecule has 1 aliphatic rings. The standard InChI is InChI=1S/C8H18N2/c1-6-4-10(9)5-7(2)8(6)3/h6-8H,4-5,9H2,1-3H3. The lowest BCUT2D eigenvalue weighted by Gasteiger charge is -2.37. The Morgan fingerprint density at radius 3 is 1.90 bits per heavy atom. The summed E-state index contributed by atoms with van der Waals surface area (Å²) >= 11 is 0. The van der Waals surface area contributed by atoms with Gasteiger partial charge in [0.1, 0.15) is 0 Å². The van der Waals surface area contributed by atoms with E-state index >= 15 is 0 Å². The third-order valence-electron chi connectivity index (χ3n) is 2.84. The number of nitrogens with two attached hydrogens (primary N) is 1. The Morgan fingerprint density at radius 1 is 1.10 bits per heavy atom. The van der Waals surface area contributed by atoms with E-state index in [1.807, 2.05) is 5.01 Å². The van der Waals surface area contributed by atoms with Gasteiger partial charge in [-0.25, -0.2) is 5.01 Å². The summed E-state index contributed by atoms with van der Waals surface area (Å²) in [6, 6.07) is 0. The van der Waals surface area contributed by atoms with Crippen LogP contribution in [-0.4, -0.2) is 18.1 Å². The molecule has 2 atom stereocenters. The van der Waals surface area contributed by atoms with E-state index in [1.165, 1.54) is 0 Å². The SMILES string of the molecule is CC1CN(N)CC(C)C1C. The zero-order valence-electron chi connectivity index (χ0n) is 7.17. The molecule has 0 amide bonds. The molecule has 0 aromatic carbocycles. The van der Waals surface area contributed by atoms with Gasteiger partial charge in [-0.15, -0.1) is 0 Å². The number of piperidine rings is 1. The van der Waals surface area contributed by atoms with Crippen molar-refractivity contribution in [2.24, 2.45) is 23.6 Å². The lowest BCUT2D eigenvalue weighted by atomic mass is 9.82. The fraction of sp³-hybridized carbons (Fsp3) is 1.00. The van der Waals surface area contributed by atoms with Crippen molar-refractivity contribution < 1.29 is 0 Å². The van der Waals surface area contributed by atoms with Gasteiger partial charge in [0, 0.05) is 13.1 Å². The Morgan fingerprint density at radius 2 is 1.50 bits per heavy atom. The van der Waals surface area contributed by atoms with Crippen molar-refractivity contribution in [1.29, 1.82) is 0 Å². The second-order valence-corrected chi connectivity index (χ2v) is 3.77. The van der Waals surface area contributed by atoms with Crippen LogP contribution in [0.15, 0.2) is 0 Å². The molecule has 1 saturated heterocycles. The summed E-state index contributed by atoms with van der Waals surface area (Å²) in [5.74, 6) is 8.06. The van der Waals surface area contributed by atoms with E-state index in [0.29, 0.717) is 0 Å². The quantitative estimate of drug-likeness (QED) is 0.513. The first-order chi connectivity index (χ1) is 4.61. The third kappa shape index (κ3) is 1.50. The highest BCUT2D eigenvalue weighted by atomic mass is 15.4. The minimum absolute atomic E-state index is 0.758. The molecule has 0 aliphatic carbocycles. The molecule has 0 aromatic rings. The molecule has 1 aliphatic heterocycles. The van der Waals surface area contributed by atoms with Crippen molar-refractivity contribution in [2.75, 3.05) is 13.1 Å². The monoisotopic (exact) mass is 142 g/mol. The highest BCUT2D eigenvalue weighted by molar-refractivity contribution is 4.77. The van der Waals surface area contributed by atoms with Crippen molar-refractivity contribution in [1.82, 2.24) is 5.01 Å². The average molecular weight is 142 g/mol. The molecule has 0 saturated carbocycles. The van der Waals surface area contributed by atoms with E-state index in [0.717, 1.165) is 30.8 Å². The van der Waals surface area contributed by atoms with Gasteiger partial charge in [0.25, 0.3) is 0 Å². The molecule has 2 unspecified atom stereocenters. The predicted octanol–water partition coefficient (Wildman–Crippen LogP) is 1.08. The fourth-order valence-corrected chi connectivity index (χ4v) is 1.71. The maximum Gasteiger partial charge on any atom is 0.0157 e. The van der Waals surface area contributed by atoms with Crippen LogP contribution in [0, 0.1) is 17.8 Å². The first kappa shape index (κ1) is 8.02. The Balaban J connectivity index is 2.49. The van der Waals surface area contributed by atoms with E-state index in [4.69, 9.17) is 5.84 Å². The molecule has 0 bridgehead atoms. The molecule has 1 rings (SSSR count). The molecule has 0 radical (unpaired) electrons. The highest BCUT2D eigenvalue weighted by Gasteiger charge is 2.26. The van der Waals surface area contributed by atoms with Crippen molar-refractivity contribution >= 4 is 0 Å². The van der Waals surface area contributed by atoms with Crippen molar-refractivity contribution in [2.45, 2.75) is 20.8 Å². The number of rotatable bonds is 0. The highest BCUT2D eigenvalue weighted by Crippen LogP contribution is 2.25. The lowest BCUT2D eigenvalue weighted by molar-refractivity contribution is 0.0890. The largest absolute Gasteiger partial charge is 0.269 e. The minimum Gasteiger partial charge on any atom is -0.269 e. The summed E-state index contributed by atoms with van der Waals surface area (Å²) in [6.45, 7) is 9.00. The summed E-state index contributed by atoms with van der Waals surface area (Å²) in [7, 11) is 0. The van der Waals surface area contributed by atoms with Gasteiger partial charge in [0.15, 0.2) is 0 Å². The van der Waals surface area contributed by atoms with Gasteiger partial charge >= 0.3 is 0 Å². The Kier molecular flexibility index (Phi) is 2.32. The average Bonchev–Trinajstić information content (AvgIpc) is 1.82. The lowest BCUT2D eigenvalue weighted by Crippen LogP contribution is -2.47. The van der Waals surface area contributed by atoms with Crippen LogP contribution >= 0.6 is 0 Å². The van der Waals surface area contributed by atoms with Crippen LogP contribution in [0.5, 0.6) is 0 Å². The van der Waals surface area contributed by atoms with Crippen LogP contribution in [0.1, 0.15) is 20.8 Å². The van der Waals surface area contributed by atoms with E-state index in [2.05, 4.69) is 20.8 Å². The molecular weight excluding hydrogens is 124 g/mol. The van der Waals surface area contributed by atoms with Crippen LogP contribution in [0.4, 0.5) is 0 Å². The minimum atomic E-state index is 0.758. The smallest absolute Gasteiger partial charge is 0.0157 e. The number of nitrogens with zero attached hydrogens (tertiary/aromatic N) is 1. The topological polar surface area (TPSA) is 29.3 Å². The third-order valence-corrected chi connectivity index (χ3v) is 2.84. The van der Waals surface area contributed by atoms with Crippen LogP contribution in [0.2, 0.25) is 0 Å². The zero-order valence-corrected chi connectivity index (χ0v) is 7.17. The van der Waals surface area contributed by atoms with Gasteiger partial charge in [-0.3, -0.25) is 5.84 Å². The van der Waals surface area contributed by atoms with Crippen molar-refractivity contribution in [3.8, 4) is 0 Å². The first-order valence-corrected chi connectivity index (χ1v) is 4.11. The van der Waals surface area contributed by atoms with Gasteiger partial charge in [0.05, 0.1) is 0 Å². The van der Waals surface area contributed by atoms with Gasteiger partial charge in [0.2, 0.25) is 0 Å². The van der Waals surface area contributed by atoms with Crippen molar-refractivity contribution in [3.05, 3.63) is 0 Å². The van der Waals surface area contributed by atoms with E-state index in [-0.39, 0.29) is 0 Å². The summed E-state index contributed by atoms with van der Waals surface area (Å²) in [5, 5.41) is 1.94. The summed E-state index contributed by atoms with van der Waals surface area (Å²) in [4.78, 5) is 0. The predicted molar refractivity (Wildman–Crippen MR) is 43.3 cm³/mol. The van der Waals surface area contributed by atoms with Crippen molar-refractivity contribution in [3.63, 3.8) is 0 Å². The van der Waals surface area contributed by atoms with E-state index in [9.17, 15) is 0 Å². The maximum absolute atomic E-state index is 5.71. The molecule has 1 fully saturated rings. The first-order valence-electron chi connectivity index (χ1n) is 4.11. The molecular formula is C8H18N2. The van der Waals surface area contributed by atoms with Gasteiger partial charge in [-0.05, 0) is 17.8 Å². The van der Waals surface area contributed by atoms with E-state index in [1.54, 1.807) is 0 Å².